The molecule has 1 saturated heterocycles. The number of alkyl halides is 2. The number of urea groups is 1. The number of fused-ring (bicyclic) bond motifs is 1. The third-order valence-electron chi connectivity index (χ3n) is 7.55. The molecule has 0 spiro atoms. The smallest absolute Gasteiger partial charge is 0.387 e. The van der Waals surface area contributed by atoms with Crippen molar-refractivity contribution in [2.45, 2.75) is 39.3 Å². The first-order chi connectivity index (χ1) is 21.3. The number of carbonyl (C=O) groups is 3. The number of ketones is 1. The topological polar surface area (TPSA) is 129 Å². The molecule has 13 heteroatoms. The number of nitrogens with two attached hydrogens (primary N) is 1. The van der Waals surface area contributed by atoms with Crippen LogP contribution < -0.4 is 25.4 Å². The number of para-hydroxylation sites is 1. The van der Waals surface area contributed by atoms with Crippen LogP contribution in [0, 0.1) is 12.7 Å². The molecule has 3 aromatic carbocycles. The molecule has 1 fully saturated rings. The minimum absolute atomic E-state index is 0.0583. The Morgan fingerprint density at radius 2 is 1.82 bits per heavy atom. The number of ether oxygens (including phenoxy) is 2. The molecule has 45 heavy (non-hydrogen) atoms. The molecular weight excluding hydrogens is 591 g/mol. The van der Waals surface area contributed by atoms with Crippen molar-refractivity contribution < 1.29 is 37.0 Å². The van der Waals surface area contributed by atoms with Gasteiger partial charge in [-0.25, -0.2) is 18.8 Å². The number of aryl methyl sites for hydroxylation is 1. The van der Waals surface area contributed by atoms with Crippen molar-refractivity contribution >= 4 is 35.3 Å². The van der Waals surface area contributed by atoms with Gasteiger partial charge in [0.25, 0.3) is 5.91 Å². The van der Waals surface area contributed by atoms with Crippen molar-refractivity contribution in [1.29, 1.82) is 0 Å². The number of nitrogen functional groups attached to an aromatic ring is 1. The lowest BCUT2D eigenvalue weighted by molar-refractivity contribution is -0.121. The molecule has 0 bridgehead atoms. The van der Waals surface area contributed by atoms with Gasteiger partial charge in [0.1, 0.15) is 17.1 Å². The normalized spacial score (nSPS) is 15.3. The van der Waals surface area contributed by atoms with Crippen LogP contribution in [0.25, 0.3) is 11.8 Å². The number of imide groups is 1. The Balaban J connectivity index is 1.26. The third kappa shape index (κ3) is 5.26. The van der Waals surface area contributed by atoms with E-state index in [4.69, 9.17) is 10.5 Å². The van der Waals surface area contributed by atoms with Crippen LogP contribution in [0.3, 0.4) is 0 Å². The van der Waals surface area contributed by atoms with Gasteiger partial charge in [-0.05, 0) is 86.0 Å². The van der Waals surface area contributed by atoms with Crippen LogP contribution in [0.1, 0.15) is 40.9 Å². The summed E-state index contributed by atoms with van der Waals surface area (Å²) in [6.45, 7) is 1.53. The summed E-state index contributed by atoms with van der Waals surface area (Å²) in [5.41, 5.74) is 7.49. The molecule has 0 unspecified atom stereocenters. The Kier molecular flexibility index (Phi) is 7.10. The minimum Gasteiger partial charge on any atom is -0.454 e. The van der Waals surface area contributed by atoms with Gasteiger partial charge in [-0.3, -0.25) is 9.59 Å². The number of carbonyl (C=O) groups excluding carboxylic acids is 3. The number of amides is 3. The molecule has 10 nitrogen and oxygen atoms in total. The predicted octanol–water partition coefficient (Wildman–Crippen LogP) is 5.95. The number of nitrogens with one attached hydrogen (secondary N) is 1. The molecule has 1 aliphatic carbocycles. The average molecular weight is 618 g/mol. The van der Waals surface area contributed by atoms with E-state index in [1.54, 1.807) is 37.3 Å². The van der Waals surface area contributed by atoms with Crippen molar-refractivity contribution in [3.63, 3.8) is 0 Å². The Morgan fingerprint density at radius 1 is 1.07 bits per heavy atom. The lowest BCUT2D eigenvalue weighted by atomic mass is 10.0. The van der Waals surface area contributed by atoms with Gasteiger partial charge < -0.3 is 20.5 Å². The van der Waals surface area contributed by atoms with Crippen molar-refractivity contribution in [2.75, 3.05) is 10.6 Å². The van der Waals surface area contributed by atoms with Crippen LogP contribution in [0.4, 0.5) is 29.5 Å². The van der Waals surface area contributed by atoms with Crippen molar-refractivity contribution in [2.24, 2.45) is 0 Å². The minimum atomic E-state index is -3.23. The largest absolute Gasteiger partial charge is 0.454 e. The van der Waals surface area contributed by atoms with E-state index >= 15 is 0 Å². The fraction of sp³-hybridized carbons (Fsp3) is 0.188. The molecule has 0 saturated carbocycles. The first kappa shape index (κ1) is 29.5. The summed E-state index contributed by atoms with van der Waals surface area (Å²) in [6, 6.07) is 12.9. The average Bonchev–Trinajstić information content (AvgIpc) is 3.62. The Labute approximate surface area is 254 Å². The van der Waals surface area contributed by atoms with Gasteiger partial charge in [0.05, 0.1) is 23.1 Å². The second kappa shape index (κ2) is 10.8. The fourth-order valence-electron chi connectivity index (χ4n) is 5.27. The number of hydrogen-bond acceptors (Lipinski definition) is 7. The van der Waals surface area contributed by atoms with Gasteiger partial charge in [0.2, 0.25) is 0 Å². The zero-order chi connectivity index (χ0) is 32.2. The summed E-state index contributed by atoms with van der Waals surface area (Å²) in [7, 11) is 0. The predicted molar refractivity (Wildman–Crippen MR) is 158 cm³/mol. The van der Waals surface area contributed by atoms with E-state index in [-0.39, 0.29) is 35.0 Å². The highest BCUT2D eigenvalue weighted by Gasteiger charge is 2.46. The number of halogens is 3. The Morgan fingerprint density at radius 3 is 2.49 bits per heavy atom. The quantitative estimate of drug-likeness (QED) is 0.185. The molecule has 1 aromatic heterocycles. The fourth-order valence-corrected chi connectivity index (χ4v) is 5.27. The van der Waals surface area contributed by atoms with E-state index in [0.29, 0.717) is 33.7 Å². The molecule has 3 amide bonds. The van der Waals surface area contributed by atoms with E-state index in [1.807, 2.05) is 0 Å². The monoisotopic (exact) mass is 617 g/mol. The summed E-state index contributed by atoms with van der Waals surface area (Å²) in [5.74, 6) is -1.42. The molecule has 230 valence electrons. The number of allylic oxidation sites excluding steroid dienone is 1. The number of benzene rings is 3. The second-order valence-corrected chi connectivity index (χ2v) is 11.1. The molecule has 2 heterocycles. The highest BCUT2D eigenvalue weighted by atomic mass is 19.3. The number of Topliss-reactive ketones (excluding diaryl/α,β-unsaturated/α-hetero) is 1. The Hall–Kier alpha value is -5.59. The highest BCUT2D eigenvalue weighted by molar-refractivity contribution is 6.24. The van der Waals surface area contributed by atoms with Gasteiger partial charge >= 0.3 is 12.6 Å². The first-order valence-corrected chi connectivity index (χ1v) is 13.7. The number of hydrogen-bond donors (Lipinski definition) is 2. The number of rotatable bonds is 8. The third-order valence-corrected chi connectivity index (χ3v) is 7.55. The summed E-state index contributed by atoms with van der Waals surface area (Å²) in [5, 5.41) is 6.80. The SMILES string of the molecule is Cc1cc(-n2ncc(C(=O)C3=Cc4cc(OC(F)F)c(N5C(=O)NC(C)(C)C5=O)cc4C3)c2N)ccc1Oc1ccccc1F. The molecule has 0 radical (unpaired) electrons. The lowest BCUT2D eigenvalue weighted by Gasteiger charge is -2.20. The van der Waals surface area contributed by atoms with Crippen LogP contribution in [0.15, 0.2) is 66.4 Å². The van der Waals surface area contributed by atoms with Crippen molar-refractivity contribution in [1.82, 2.24) is 15.1 Å². The van der Waals surface area contributed by atoms with E-state index in [0.717, 1.165) is 4.90 Å². The van der Waals surface area contributed by atoms with Crippen LogP contribution >= 0.6 is 0 Å². The van der Waals surface area contributed by atoms with E-state index in [1.165, 1.54) is 55.1 Å². The van der Waals surface area contributed by atoms with Crippen LogP contribution in [-0.2, 0) is 11.2 Å². The number of anilines is 2. The van der Waals surface area contributed by atoms with E-state index in [9.17, 15) is 27.6 Å². The van der Waals surface area contributed by atoms with Gasteiger partial charge in [0.15, 0.2) is 23.1 Å². The maximum absolute atomic E-state index is 14.1. The summed E-state index contributed by atoms with van der Waals surface area (Å²) >= 11 is 0. The van der Waals surface area contributed by atoms with Crippen molar-refractivity contribution in [3.8, 4) is 22.9 Å². The zero-order valence-corrected chi connectivity index (χ0v) is 24.2. The molecule has 4 aromatic rings. The van der Waals surface area contributed by atoms with Gasteiger partial charge in [0, 0.05) is 12.0 Å². The zero-order valence-electron chi connectivity index (χ0n) is 24.2. The molecular formula is C32H26F3N5O5. The maximum atomic E-state index is 14.1. The van der Waals surface area contributed by atoms with Gasteiger partial charge in [-0.2, -0.15) is 13.9 Å². The van der Waals surface area contributed by atoms with E-state index in [2.05, 4.69) is 15.2 Å². The molecule has 1 aliphatic heterocycles. The standard InChI is InChI=1S/C32H26F3N5O5/c1-16-10-20(8-9-24(16)44-25-7-5-4-6-22(25)33)40-28(36)21(15-37-40)27(41)19-11-17-13-23(26(45-30(34)35)14-18(17)12-19)39-29(42)32(2,3)38-31(39)43/h4-10,12-15,30H,11,36H2,1-3H3,(H,38,43). The van der Waals surface area contributed by atoms with Crippen molar-refractivity contribution in [3.05, 3.63) is 94.4 Å². The van der Waals surface area contributed by atoms with E-state index < -0.39 is 35.7 Å². The molecule has 6 rings (SSSR count). The summed E-state index contributed by atoms with van der Waals surface area (Å²) in [4.78, 5) is 39.9. The first-order valence-electron chi connectivity index (χ1n) is 13.7. The maximum Gasteiger partial charge on any atom is 0.387 e. The Bertz CT molecular complexity index is 1930. The van der Waals surface area contributed by atoms with Gasteiger partial charge in [-0.15, -0.1) is 0 Å². The highest BCUT2D eigenvalue weighted by Crippen LogP contribution is 2.40. The molecule has 0 atom stereocenters. The lowest BCUT2D eigenvalue weighted by Crippen LogP contribution is -2.40. The number of aromatic nitrogens is 2. The second-order valence-electron chi connectivity index (χ2n) is 11.1. The number of nitrogens with zero attached hydrogens (tertiary/aromatic N) is 3. The van der Waals surface area contributed by atoms with Crippen LogP contribution in [-0.4, -0.2) is 39.7 Å². The summed E-state index contributed by atoms with van der Waals surface area (Å²) in [6.07, 6.45) is 2.92. The molecule has 2 aliphatic rings. The van der Waals surface area contributed by atoms with Gasteiger partial charge in [-0.1, -0.05) is 12.1 Å². The van der Waals surface area contributed by atoms with Crippen LogP contribution in [0.2, 0.25) is 0 Å². The molecule has 3 N–H and O–H groups in total. The summed E-state index contributed by atoms with van der Waals surface area (Å²) < 4.78 is 52.4. The van der Waals surface area contributed by atoms with Crippen LogP contribution in [0.5, 0.6) is 17.2 Å².